The lowest BCUT2D eigenvalue weighted by Gasteiger charge is -2.30. The molecule has 1 aromatic rings. The molecule has 1 rings (SSSR count). The van der Waals surface area contributed by atoms with Crippen LogP contribution in [0.15, 0.2) is 24.3 Å². The topological polar surface area (TPSA) is 64.3 Å². The maximum Gasteiger partial charge on any atom is 0.255 e. The van der Waals surface area contributed by atoms with Crippen LogP contribution in [0.2, 0.25) is 0 Å². The molecule has 1 amide bonds. The van der Waals surface area contributed by atoms with Gasteiger partial charge in [0.05, 0.1) is 12.7 Å². The molecule has 0 aliphatic carbocycles. The summed E-state index contributed by atoms with van der Waals surface area (Å²) in [4.78, 5) is 12.2. The van der Waals surface area contributed by atoms with Gasteiger partial charge in [0.25, 0.3) is 5.91 Å². The minimum atomic E-state index is -0.155. The number of methoxy groups -OCH3 is 1. The summed E-state index contributed by atoms with van der Waals surface area (Å²) in [5.41, 5.74) is 6.16. The van der Waals surface area contributed by atoms with Crippen LogP contribution in [0.5, 0.6) is 5.75 Å². The van der Waals surface area contributed by atoms with Crippen LogP contribution in [0.4, 0.5) is 0 Å². The predicted octanol–water partition coefficient (Wildman–Crippen LogP) is 1.80. The maximum atomic E-state index is 12.2. The van der Waals surface area contributed by atoms with Gasteiger partial charge in [0.15, 0.2) is 0 Å². The van der Waals surface area contributed by atoms with Crippen LogP contribution in [0.1, 0.15) is 31.1 Å². The highest BCUT2D eigenvalue weighted by molar-refractivity contribution is 5.97. The fraction of sp³-hybridized carbons (Fsp3) is 0.500. The second-order valence-electron chi connectivity index (χ2n) is 5.33. The number of rotatable bonds is 4. The summed E-state index contributed by atoms with van der Waals surface area (Å²) in [5, 5.41) is 2.95. The summed E-state index contributed by atoms with van der Waals surface area (Å²) < 4.78 is 5.18. The van der Waals surface area contributed by atoms with Crippen LogP contribution in [0, 0.1) is 5.41 Å². The zero-order valence-electron chi connectivity index (χ0n) is 11.5. The third-order valence-electron chi connectivity index (χ3n) is 2.94. The summed E-state index contributed by atoms with van der Waals surface area (Å²) in [6, 6.07) is 7.08. The van der Waals surface area contributed by atoms with Gasteiger partial charge in [0, 0.05) is 12.6 Å². The molecule has 0 spiro atoms. The van der Waals surface area contributed by atoms with Crippen molar-refractivity contribution in [2.75, 3.05) is 13.7 Å². The molecule has 0 aromatic heterocycles. The van der Waals surface area contributed by atoms with Gasteiger partial charge in [-0.2, -0.15) is 0 Å². The van der Waals surface area contributed by atoms with E-state index in [0.717, 1.165) is 0 Å². The molecule has 18 heavy (non-hydrogen) atoms. The first-order valence-electron chi connectivity index (χ1n) is 6.04. The molecule has 1 aromatic carbocycles. The molecule has 1 unspecified atom stereocenters. The predicted molar refractivity (Wildman–Crippen MR) is 72.8 cm³/mol. The van der Waals surface area contributed by atoms with Crippen LogP contribution < -0.4 is 15.8 Å². The molecule has 0 aliphatic rings. The van der Waals surface area contributed by atoms with Gasteiger partial charge >= 0.3 is 0 Å². The Hall–Kier alpha value is -1.55. The number of amides is 1. The van der Waals surface area contributed by atoms with E-state index in [1.54, 1.807) is 19.2 Å². The monoisotopic (exact) mass is 250 g/mol. The van der Waals surface area contributed by atoms with Crippen molar-refractivity contribution in [3.05, 3.63) is 29.8 Å². The van der Waals surface area contributed by atoms with Gasteiger partial charge in [-0.25, -0.2) is 0 Å². The number of carbonyl (C=O) groups excluding carboxylic acids is 1. The zero-order chi connectivity index (χ0) is 13.8. The Balaban J connectivity index is 2.88. The van der Waals surface area contributed by atoms with Crippen LogP contribution in [0.25, 0.3) is 0 Å². The number of para-hydroxylation sites is 1. The standard InChI is InChI=1S/C14H22N2O2/c1-14(2,3)12(9-15)16-13(17)10-7-5-6-8-11(10)18-4/h5-8,12H,9,15H2,1-4H3,(H,16,17). The first-order valence-corrected chi connectivity index (χ1v) is 6.04. The molecule has 0 saturated heterocycles. The van der Waals surface area contributed by atoms with E-state index >= 15 is 0 Å². The third kappa shape index (κ3) is 3.47. The number of nitrogens with one attached hydrogen (secondary N) is 1. The Morgan fingerprint density at radius 2 is 2.00 bits per heavy atom. The summed E-state index contributed by atoms with van der Waals surface area (Å²) in [6.07, 6.45) is 0. The molecule has 4 nitrogen and oxygen atoms in total. The van der Waals surface area contributed by atoms with E-state index in [9.17, 15) is 4.79 Å². The van der Waals surface area contributed by atoms with Crippen molar-refractivity contribution in [3.8, 4) is 5.75 Å². The van der Waals surface area contributed by atoms with Gasteiger partial charge < -0.3 is 15.8 Å². The number of carbonyl (C=O) groups is 1. The van der Waals surface area contributed by atoms with Gasteiger partial charge in [0.2, 0.25) is 0 Å². The Morgan fingerprint density at radius 1 is 1.39 bits per heavy atom. The number of hydrogen-bond acceptors (Lipinski definition) is 3. The van der Waals surface area contributed by atoms with Gasteiger partial charge in [-0.1, -0.05) is 32.9 Å². The molecule has 0 fully saturated rings. The average molecular weight is 250 g/mol. The van der Waals surface area contributed by atoms with Gasteiger partial charge in [0.1, 0.15) is 5.75 Å². The highest BCUT2D eigenvalue weighted by Gasteiger charge is 2.26. The fourth-order valence-corrected chi connectivity index (χ4v) is 1.70. The minimum absolute atomic E-state index is 0.0742. The first-order chi connectivity index (χ1) is 8.40. The highest BCUT2D eigenvalue weighted by atomic mass is 16.5. The van der Waals surface area contributed by atoms with Crippen molar-refractivity contribution in [2.45, 2.75) is 26.8 Å². The molecule has 100 valence electrons. The highest BCUT2D eigenvalue weighted by Crippen LogP contribution is 2.21. The van der Waals surface area contributed by atoms with Crippen LogP contribution in [0.3, 0.4) is 0 Å². The molecule has 0 heterocycles. The lowest BCUT2D eigenvalue weighted by Crippen LogP contribution is -2.48. The third-order valence-corrected chi connectivity index (χ3v) is 2.94. The summed E-state index contributed by atoms with van der Waals surface area (Å²) in [6.45, 7) is 6.55. The molecule has 3 N–H and O–H groups in total. The summed E-state index contributed by atoms with van der Waals surface area (Å²) in [5.74, 6) is 0.414. The van der Waals surface area contributed by atoms with Crippen molar-refractivity contribution in [1.82, 2.24) is 5.32 Å². The molecule has 1 atom stereocenters. The quantitative estimate of drug-likeness (QED) is 0.856. The second-order valence-corrected chi connectivity index (χ2v) is 5.33. The molecular weight excluding hydrogens is 228 g/mol. The SMILES string of the molecule is COc1ccccc1C(=O)NC(CN)C(C)(C)C. The van der Waals surface area contributed by atoms with E-state index in [2.05, 4.69) is 5.32 Å². The largest absolute Gasteiger partial charge is 0.496 e. The van der Waals surface area contributed by atoms with E-state index < -0.39 is 0 Å². The molecule has 0 bridgehead atoms. The van der Waals surface area contributed by atoms with E-state index in [4.69, 9.17) is 10.5 Å². The van der Waals surface area contributed by atoms with Crippen molar-refractivity contribution in [1.29, 1.82) is 0 Å². The molecule has 0 aliphatic heterocycles. The molecule has 4 heteroatoms. The van der Waals surface area contributed by atoms with E-state index in [1.165, 1.54) is 0 Å². The van der Waals surface area contributed by atoms with E-state index in [-0.39, 0.29) is 17.4 Å². The van der Waals surface area contributed by atoms with Crippen LogP contribution >= 0.6 is 0 Å². The Bertz CT molecular complexity index is 411. The maximum absolute atomic E-state index is 12.2. The van der Waals surface area contributed by atoms with Crippen molar-refractivity contribution in [2.24, 2.45) is 11.1 Å². The number of benzene rings is 1. The lowest BCUT2D eigenvalue weighted by molar-refractivity contribution is 0.0902. The van der Waals surface area contributed by atoms with Gasteiger partial charge in [-0.05, 0) is 17.5 Å². The van der Waals surface area contributed by atoms with Crippen molar-refractivity contribution < 1.29 is 9.53 Å². The van der Waals surface area contributed by atoms with Crippen LogP contribution in [-0.2, 0) is 0 Å². The number of hydrogen-bond donors (Lipinski definition) is 2. The Kier molecular flexibility index (Phi) is 4.73. The minimum Gasteiger partial charge on any atom is -0.496 e. The number of nitrogens with two attached hydrogens (primary N) is 1. The Morgan fingerprint density at radius 3 is 2.50 bits per heavy atom. The van der Waals surface area contributed by atoms with E-state index in [0.29, 0.717) is 17.9 Å². The molecule has 0 saturated carbocycles. The number of ether oxygens (including phenoxy) is 1. The van der Waals surface area contributed by atoms with E-state index in [1.807, 2.05) is 32.9 Å². The second kappa shape index (κ2) is 5.87. The molecule has 0 radical (unpaired) electrons. The summed E-state index contributed by atoms with van der Waals surface area (Å²) in [7, 11) is 1.55. The average Bonchev–Trinajstić information content (AvgIpc) is 2.34. The van der Waals surface area contributed by atoms with Gasteiger partial charge in [-0.15, -0.1) is 0 Å². The van der Waals surface area contributed by atoms with Crippen LogP contribution in [-0.4, -0.2) is 25.6 Å². The van der Waals surface area contributed by atoms with Crippen molar-refractivity contribution >= 4 is 5.91 Å². The smallest absolute Gasteiger partial charge is 0.255 e. The molecular formula is C14H22N2O2. The van der Waals surface area contributed by atoms with Gasteiger partial charge in [-0.3, -0.25) is 4.79 Å². The lowest BCUT2D eigenvalue weighted by atomic mass is 9.86. The fourth-order valence-electron chi connectivity index (χ4n) is 1.70. The van der Waals surface area contributed by atoms with Crippen molar-refractivity contribution in [3.63, 3.8) is 0 Å². The zero-order valence-corrected chi connectivity index (χ0v) is 11.5. The summed E-state index contributed by atoms with van der Waals surface area (Å²) >= 11 is 0. The Labute approximate surface area is 109 Å². The first kappa shape index (κ1) is 14.5. The normalized spacial score (nSPS) is 12.9.